The third kappa shape index (κ3) is 2.83. The molecule has 2 rings (SSSR count). The van der Waals surface area contributed by atoms with Crippen molar-refractivity contribution >= 4 is 65.4 Å². The second kappa shape index (κ2) is 5.56. The molecule has 1 aromatic carbocycles. The molecule has 1 fully saturated rings. The predicted octanol–water partition coefficient (Wildman–Crippen LogP) is 5.40. The Kier molecular flexibility index (Phi) is 4.67. The molecule has 1 N–H and O–H groups in total. The van der Waals surface area contributed by atoms with Gasteiger partial charge in [0.15, 0.2) is 0 Å². The van der Waals surface area contributed by atoms with Crippen molar-refractivity contribution in [2.24, 2.45) is 17.3 Å². The Bertz CT molecular complexity index is 528. The molecule has 0 aromatic heterocycles. The van der Waals surface area contributed by atoms with E-state index in [1.807, 2.05) is 38.1 Å². The number of hydrogen-bond donors (Lipinski definition) is 1. The van der Waals surface area contributed by atoms with E-state index in [-0.39, 0.29) is 22.1 Å². The van der Waals surface area contributed by atoms with Crippen molar-refractivity contribution in [3.05, 3.63) is 34.9 Å². The molecular weight excluding hydrogens is 475 g/mol. The van der Waals surface area contributed by atoms with Crippen LogP contribution in [0.2, 0.25) is 5.02 Å². The fourth-order valence-electron chi connectivity index (χ4n) is 2.75. The highest BCUT2D eigenvalue weighted by atomic mass is 79.9. The van der Waals surface area contributed by atoms with Gasteiger partial charge < -0.3 is 5.11 Å². The Morgan fingerprint density at radius 1 is 1.35 bits per heavy atom. The van der Waals surface area contributed by atoms with Gasteiger partial charge in [-0.1, -0.05) is 85.4 Å². The van der Waals surface area contributed by atoms with Gasteiger partial charge in [-0.15, -0.1) is 0 Å². The monoisotopic (exact) mass is 486 g/mol. The van der Waals surface area contributed by atoms with E-state index in [2.05, 4.69) is 47.8 Å². The molecule has 3 atom stereocenters. The molecule has 0 heterocycles. The number of halogens is 4. The van der Waals surface area contributed by atoms with Crippen molar-refractivity contribution in [3.8, 4) is 0 Å². The zero-order valence-electron chi connectivity index (χ0n) is 10.9. The molecule has 20 heavy (non-hydrogen) atoms. The Balaban J connectivity index is 2.26. The minimum atomic E-state index is -0.739. The Labute approximate surface area is 148 Å². The van der Waals surface area contributed by atoms with Gasteiger partial charge in [-0.3, -0.25) is 4.79 Å². The maximum absolute atomic E-state index is 11.3. The maximum Gasteiger partial charge on any atom is 0.307 e. The molecule has 1 aromatic rings. The van der Waals surface area contributed by atoms with E-state index in [9.17, 15) is 9.90 Å². The Morgan fingerprint density at radius 2 is 1.85 bits per heavy atom. The summed E-state index contributed by atoms with van der Waals surface area (Å²) in [4.78, 5) is 11.3. The van der Waals surface area contributed by atoms with Gasteiger partial charge in [0.05, 0.1) is 5.92 Å². The summed E-state index contributed by atoms with van der Waals surface area (Å²) in [7, 11) is 0. The summed E-state index contributed by atoms with van der Waals surface area (Å²) >= 11 is 16.9. The molecule has 110 valence electrons. The van der Waals surface area contributed by atoms with Crippen LogP contribution in [0.1, 0.15) is 19.4 Å². The van der Waals surface area contributed by atoms with Crippen LogP contribution in [0.15, 0.2) is 24.3 Å². The minimum absolute atomic E-state index is 0.0365. The van der Waals surface area contributed by atoms with Crippen molar-refractivity contribution in [1.82, 2.24) is 0 Å². The normalized spacial score (nSPS) is 26.1. The van der Waals surface area contributed by atoms with Crippen LogP contribution in [-0.2, 0) is 8.03 Å². The van der Waals surface area contributed by atoms with E-state index in [1.54, 1.807) is 0 Å². The zero-order chi connectivity index (χ0) is 15.3. The van der Waals surface area contributed by atoms with Gasteiger partial charge in [-0.05, 0) is 29.0 Å². The molecule has 1 saturated carbocycles. The third-order valence-corrected chi connectivity index (χ3v) is 8.71. The van der Waals surface area contributed by atoms with E-state index in [0.717, 1.165) is 5.56 Å². The van der Waals surface area contributed by atoms with Gasteiger partial charge in [-0.25, -0.2) is 0 Å². The lowest BCUT2D eigenvalue weighted by Crippen LogP contribution is -2.26. The third-order valence-electron chi connectivity index (χ3n) is 4.07. The number of carbonyl (C=O) groups is 1. The van der Waals surface area contributed by atoms with Gasteiger partial charge in [0.1, 0.15) is 3.23 Å². The van der Waals surface area contributed by atoms with Crippen molar-refractivity contribution in [3.63, 3.8) is 0 Å². The standard InChI is InChI=1S/C14H14Br3ClO2/c1-13(2)9(10(13)12(19)20)11(15)14(16,17)7-3-5-8(18)6-4-7/h3-6,9-11H,1-2H3,(H,19,20). The summed E-state index contributed by atoms with van der Waals surface area (Å²) in [6, 6.07) is 7.48. The predicted molar refractivity (Wildman–Crippen MR) is 92.1 cm³/mol. The lowest BCUT2D eigenvalue weighted by Gasteiger charge is -2.28. The van der Waals surface area contributed by atoms with E-state index in [1.165, 1.54) is 0 Å². The molecule has 0 spiro atoms. The number of aliphatic carboxylic acids is 1. The first-order valence-electron chi connectivity index (χ1n) is 6.11. The first-order valence-corrected chi connectivity index (χ1v) is 8.99. The second-order valence-corrected chi connectivity index (χ2v) is 10.7. The molecule has 0 amide bonds. The summed E-state index contributed by atoms with van der Waals surface area (Å²) in [5, 5.41) is 9.98. The quantitative estimate of drug-likeness (QED) is 0.575. The number of carboxylic acid groups (broad SMARTS) is 1. The van der Waals surface area contributed by atoms with E-state index < -0.39 is 9.20 Å². The summed E-state index contributed by atoms with van der Waals surface area (Å²) in [5.41, 5.74) is 0.773. The highest BCUT2D eigenvalue weighted by Crippen LogP contribution is 2.66. The van der Waals surface area contributed by atoms with E-state index >= 15 is 0 Å². The molecular formula is C14H14Br3ClO2. The van der Waals surface area contributed by atoms with Crippen LogP contribution in [0.3, 0.4) is 0 Å². The first-order chi connectivity index (χ1) is 9.10. The van der Waals surface area contributed by atoms with Crippen LogP contribution in [0.4, 0.5) is 0 Å². The number of alkyl halides is 3. The van der Waals surface area contributed by atoms with Crippen LogP contribution in [0.25, 0.3) is 0 Å². The molecule has 3 unspecified atom stereocenters. The maximum atomic E-state index is 11.3. The van der Waals surface area contributed by atoms with Crippen LogP contribution < -0.4 is 0 Å². The van der Waals surface area contributed by atoms with Crippen molar-refractivity contribution in [1.29, 1.82) is 0 Å². The fraction of sp³-hybridized carbons (Fsp3) is 0.500. The average Bonchev–Trinajstić information content (AvgIpc) is 2.91. The molecule has 0 radical (unpaired) electrons. The van der Waals surface area contributed by atoms with Crippen LogP contribution in [0, 0.1) is 17.3 Å². The first kappa shape index (κ1) is 16.8. The van der Waals surface area contributed by atoms with Crippen molar-refractivity contribution in [2.75, 3.05) is 0 Å². The average molecular weight is 489 g/mol. The van der Waals surface area contributed by atoms with E-state index in [4.69, 9.17) is 11.6 Å². The Hall–Kier alpha value is 0.420. The van der Waals surface area contributed by atoms with Crippen LogP contribution in [-0.4, -0.2) is 15.9 Å². The van der Waals surface area contributed by atoms with Gasteiger partial charge in [0, 0.05) is 9.85 Å². The summed E-state index contributed by atoms with van der Waals surface area (Å²) in [6.07, 6.45) is 0. The van der Waals surface area contributed by atoms with Crippen molar-refractivity contribution in [2.45, 2.75) is 21.9 Å². The molecule has 0 saturated heterocycles. The lowest BCUT2D eigenvalue weighted by molar-refractivity contribution is -0.139. The van der Waals surface area contributed by atoms with E-state index in [0.29, 0.717) is 5.02 Å². The number of carboxylic acids is 1. The van der Waals surface area contributed by atoms with Gasteiger partial charge in [-0.2, -0.15) is 0 Å². The molecule has 0 aliphatic heterocycles. The minimum Gasteiger partial charge on any atom is -0.481 e. The second-order valence-electron chi connectivity index (χ2n) is 5.69. The zero-order valence-corrected chi connectivity index (χ0v) is 16.4. The highest BCUT2D eigenvalue weighted by Gasteiger charge is 2.67. The molecule has 2 nitrogen and oxygen atoms in total. The number of rotatable bonds is 4. The summed E-state index contributed by atoms with van der Waals surface area (Å²) in [6.45, 7) is 3.98. The van der Waals surface area contributed by atoms with Crippen LogP contribution >= 0.6 is 59.4 Å². The largest absolute Gasteiger partial charge is 0.481 e. The molecule has 1 aliphatic rings. The Morgan fingerprint density at radius 3 is 2.25 bits per heavy atom. The van der Waals surface area contributed by atoms with Gasteiger partial charge in [0.2, 0.25) is 0 Å². The molecule has 0 bridgehead atoms. The number of hydrogen-bond acceptors (Lipinski definition) is 1. The highest BCUT2D eigenvalue weighted by molar-refractivity contribution is 9.25. The summed E-state index contributed by atoms with van der Waals surface area (Å²) < 4.78 is -0.531. The molecule has 1 aliphatic carbocycles. The smallest absolute Gasteiger partial charge is 0.307 e. The van der Waals surface area contributed by atoms with Gasteiger partial charge in [0.25, 0.3) is 0 Å². The summed E-state index contributed by atoms with van der Waals surface area (Å²) in [5.74, 6) is -1.04. The fourth-order valence-corrected chi connectivity index (χ4v) is 5.23. The van der Waals surface area contributed by atoms with Crippen LogP contribution in [0.5, 0.6) is 0 Å². The van der Waals surface area contributed by atoms with Crippen molar-refractivity contribution < 1.29 is 9.90 Å². The van der Waals surface area contributed by atoms with Gasteiger partial charge >= 0.3 is 5.97 Å². The molecule has 6 heteroatoms. The lowest BCUT2D eigenvalue weighted by atomic mass is 10.0. The SMILES string of the molecule is CC1(C)C(C(=O)O)C1C(Br)C(Br)(Br)c1ccc(Cl)cc1. The number of benzene rings is 1. The topological polar surface area (TPSA) is 37.3 Å².